The van der Waals surface area contributed by atoms with Crippen LogP contribution < -0.4 is 10.6 Å². The highest BCUT2D eigenvalue weighted by molar-refractivity contribution is 6.08. The monoisotopic (exact) mass is 470 g/mol. The first kappa shape index (κ1) is 21.5. The predicted octanol–water partition coefficient (Wildman–Crippen LogP) is 6.18. The molecule has 0 radical (unpaired) electrons. The van der Waals surface area contributed by atoms with Gasteiger partial charge in [-0.2, -0.15) is 0 Å². The van der Waals surface area contributed by atoms with Gasteiger partial charge in [0.1, 0.15) is 0 Å². The first-order valence-corrected chi connectivity index (χ1v) is 11.5. The molecule has 3 heterocycles. The van der Waals surface area contributed by atoms with E-state index < -0.39 is 0 Å². The van der Waals surface area contributed by atoms with Gasteiger partial charge < -0.3 is 15.2 Å². The van der Waals surface area contributed by atoms with Crippen LogP contribution in [0.4, 0.5) is 17.1 Å². The number of aromatic nitrogens is 4. The normalized spacial score (nSPS) is 11.0. The first-order valence-electron chi connectivity index (χ1n) is 11.5. The average molecular weight is 471 g/mol. The molecular formula is C29H22N6O. The molecule has 0 saturated heterocycles. The number of nitrogens with zero attached hydrogens (tertiary/aromatic N) is 4. The first-order chi connectivity index (χ1) is 17.7. The number of carbonyl (C=O) groups excluding carboxylic acids is 1. The van der Waals surface area contributed by atoms with Crippen molar-refractivity contribution < 1.29 is 4.79 Å². The maximum Gasteiger partial charge on any atom is 0.257 e. The van der Waals surface area contributed by atoms with Crippen molar-refractivity contribution in [3.05, 3.63) is 109 Å². The van der Waals surface area contributed by atoms with Crippen molar-refractivity contribution in [1.29, 1.82) is 0 Å². The van der Waals surface area contributed by atoms with Crippen molar-refractivity contribution >= 4 is 44.9 Å². The van der Waals surface area contributed by atoms with Gasteiger partial charge in [-0.15, -0.1) is 0 Å². The molecule has 0 fully saturated rings. The van der Waals surface area contributed by atoms with Crippen LogP contribution in [0.25, 0.3) is 33.1 Å². The lowest BCUT2D eigenvalue weighted by atomic mass is 10.0. The molecule has 2 N–H and O–H groups in total. The maximum absolute atomic E-state index is 13.1. The molecule has 1 amide bonds. The molecule has 3 aromatic carbocycles. The Balaban J connectivity index is 1.41. The van der Waals surface area contributed by atoms with Crippen LogP contribution in [0.1, 0.15) is 10.4 Å². The van der Waals surface area contributed by atoms with Gasteiger partial charge in [0.2, 0.25) is 0 Å². The van der Waals surface area contributed by atoms with E-state index in [1.54, 1.807) is 30.9 Å². The summed E-state index contributed by atoms with van der Waals surface area (Å²) in [5.41, 5.74) is 7.27. The smallest absolute Gasteiger partial charge is 0.257 e. The molecule has 174 valence electrons. The summed E-state index contributed by atoms with van der Waals surface area (Å²) in [5.74, 6) is -0.221. The molecule has 7 nitrogen and oxygen atoms in total. The predicted molar refractivity (Wildman–Crippen MR) is 143 cm³/mol. The fourth-order valence-electron chi connectivity index (χ4n) is 4.36. The summed E-state index contributed by atoms with van der Waals surface area (Å²) in [4.78, 5) is 26.5. The van der Waals surface area contributed by atoms with E-state index in [1.165, 1.54) is 5.39 Å². The van der Waals surface area contributed by atoms with Gasteiger partial charge in [0.05, 0.1) is 28.5 Å². The zero-order valence-corrected chi connectivity index (χ0v) is 19.5. The lowest BCUT2D eigenvalue weighted by molar-refractivity contribution is 0.102. The summed E-state index contributed by atoms with van der Waals surface area (Å²) in [6.45, 7) is 0. The Hall–Kier alpha value is -5.04. The average Bonchev–Trinajstić information content (AvgIpc) is 3.29. The van der Waals surface area contributed by atoms with E-state index >= 15 is 0 Å². The second-order valence-electron chi connectivity index (χ2n) is 8.51. The van der Waals surface area contributed by atoms with Crippen LogP contribution in [0.5, 0.6) is 0 Å². The van der Waals surface area contributed by atoms with Crippen LogP contribution in [0.15, 0.2) is 104 Å². The molecule has 6 rings (SSSR count). The van der Waals surface area contributed by atoms with Gasteiger partial charge in [-0.3, -0.25) is 19.7 Å². The maximum atomic E-state index is 13.1. The minimum absolute atomic E-state index is 0.221. The quantitative estimate of drug-likeness (QED) is 0.314. The Morgan fingerprint density at radius 2 is 1.72 bits per heavy atom. The van der Waals surface area contributed by atoms with E-state index in [1.807, 2.05) is 49.5 Å². The van der Waals surface area contributed by atoms with Crippen molar-refractivity contribution in [2.45, 2.75) is 0 Å². The number of hydrogen-bond donors (Lipinski definition) is 2. The van der Waals surface area contributed by atoms with Gasteiger partial charge in [-0.25, -0.2) is 0 Å². The molecule has 36 heavy (non-hydrogen) atoms. The van der Waals surface area contributed by atoms with E-state index in [-0.39, 0.29) is 5.91 Å². The molecule has 6 aromatic rings. The Labute approximate surface area is 207 Å². The molecule has 0 aliphatic heterocycles. The third-order valence-electron chi connectivity index (χ3n) is 6.15. The number of amides is 1. The third kappa shape index (κ3) is 4.03. The van der Waals surface area contributed by atoms with E-state index in [9.17, 15) is 4.79 Å². The van der Waals surface area contributed by atoms with Gasteiger partial charge in [0, 0.05) is 54.3 Å². The van der Waals surface area contributed by atoms with Crippen LogP contribution in [-0.2, 0) is 7.05 Å². The molecule has 3 aromatic heterocycles. The molecule has 0 saturated carbocycles. The van der Waals surface area contributed by atoms with Crippen molar-refractivity contribution in [2.24, 2.45) is 7.05 Å². The van der Waals surface area contributed by atoms with Gasteiger partial charge >= 0.3 is 0 Å². The molecule has 0 aliphatic carbocycles. The minimum atomic E-state index is -0.221. The lowest BCUT2D eigenvalue weighted by Crippen LogP contribution is -2.14. The Kier molecular flexibility index (Phi) is 5.35. The topological polar surface area (TPSA) is 84.7 Å². The van der Waals surface area contributed by atoms with Crippen molar-refractivity contribution in [3.63, 3.8) is 0 Å². The van der Waals surface area contributed by atoms with E-state index in [0.29, 0.717) is 11.3 Å². The molecule has 0 atom stereocenters. The van der Waals surface area contributed by atoms with Gasteiger partial charge in [-0.05, 0) is 53.4 Å². The standard InChI is InChI=1S/C29H22N6O/c1-35-14-10-19-7-8-20(15-27(19)35)24-16-22(17-25-28(24)32-13-12-31-25)33-26-18-30-11-9-23(26)29(36)34-21-5-3-2-4-6-21/h2-18,33H,1H3,(H,34,36). The number of hydrogen-bond acceptors (Lipinski definition) is 5. The fourth-order valence-corrected chi connectivity index (χ4v) is 4.36. The highest BCUT2D eigenvalue weighted by Gasteiger charge is 2.15. The van der Waals surface area contributed by atoms with E-state index in [4.69, 9.17) is 0 Å². The van der Waals surface area contributed by atoms with Crippen LogP contribution in [0.3, 0.4) is 0 Å². The Morgan fingerprint density at radius 1 is 0.861 bits per heavy atom. The highest BCUT2D eigenvalue weighted by Crippen LogP contribution is 2.33. The third-order valence-corrected chi connectivity index (χ3v) is 6.15. The number of anilines is 3. The lowest BCUT2D eigenvalue weighted by Gasteiger charge is -2.14. The zero-order chi connectivity index (χ0) is 24.5. The fraction of sp³-hybridized carbons (Fsp3) is 0.0345. The molecular weight excluding hydrogens is 448 g/mol. The van der Waals surface area contributed by atoms with E-state index in [2.05, 4.69) is 60.6 Å². The molecule has 0 spiro atoms. The van der Waals surface area contributed by atoms with Crippen LogP contribution in [0.2, 0.25) is 0 Å². The molecule has 0 aliphatic rings. The highest BCUT2D eigenvalue weighted by atomic mass is 16.1. The summed E-state index contributed by atoms with van der Waals surface area (Å²) in [6.07, 6.45) is 8.69. The zero-order valence-electron chi connectivity index (χ0n) is 19.5. The second kappa shape index (κ2) is 8.96. The van der Waals surface area contributed by atoms with Crippen LogP contribution in [0, 0.1) is 0 Å². The number of rotatable bonds is 5. The SMILES string of the molecule is Cn1ccc2ccc(-c3cc(Nc4cnccc4C(=O)Nc4ccccc4)cc4nccnc34)cc21. The summed E-state index contributed by atoms with van der Waals surface area (Å²) in [6, 6.07) is 23.5. The molecule has 0 bridgehead atoms. The van der Waals surface area contributed by atoms with Gasteiger partial charge in [0.25, 0.3) is 5.91 Å². The number of nitrogens with one attached hydrogen (secondary N) is 2. The number of para-hydroxylation sites is 1. The van der Waals surface area contributed by atoms with Crippen LogP contribution in [-0.4, -0.2) is 25.4 Å². The molecule has 7 heteroatoms. The minimum Gasteiger partial charge on any atom is -0.354 e. The number of benzene rings is 3. The Bertz CT molecular complexity index is 1730. The summed E-state index contributed by atoms with van der Waals surface area (Å²) in [7, 11) is 2.03. The van der Waals surface area contributed by atoms with Gasteiger partial charge in [-0.1, -0.05) is 30.3 Å². The van der Waals surface area contributed by atoms with Crippen molar-refractivity contribution in [1.82, 2.24) is 19.5 Å². The number of carbonyl (C=O) groups is 1. The summed E-state index contributed by atoms with van der Waals surface area (Å²) < 4.78 is 2.10. The van der Waals surface area contributed by atoms with Crippen molar-refractivity contribution in [2.75, 3.05) is 10.6 Å². The van der Waals surface area contributed by atoms with Crippen LogP contribution >= 0.6 is 0 Å². The number of pyridine rings is 1. The number of aryl methyl sites for hydroxylation is 1. The number of fused-ring (bicyclic) bond motifs is 2. The largest absolute Gasteiger partial charge is 0.354 e. The Morgan fingerprint density at radius 3 is 2.61 bits per heavy atom. The van der Waals surface area contributed by atoms with Crippen molar-refractivity contribution in [3.8, 4) is 11.1 Å². The van der Waals surface area contributed by atoms with Gasteiger partial charge in [0.15, 0.2) is 0 Å². The summed E-state index contributed by atoms with van der Waals surface area (Å²) >= 11 is 0. The molecule has 0 unspecified atom stereocenters. The summed E-state index contributed by atoms with van der Waals surface area (Å²) in [5, 5.41) is 7.50. The second-order valence-corrected chi connectivity index (χ2v) is 8.51. The van der Waals surface area contributed by atoms with E-state index in [0.717, 1.165) is 39.1 Å².